The van der Waals surface area contributed by atoms with Crippen LogP contribution in [0.2, 0.25) is 15.1 Å². The second-order valence-electron chi connectivity index (χ2n) is 6.60. The molecule has 0 radical (unpaired) electrons. The Bertz CT molecular complexity index is 648. The summed E-state index contributed by atoms with van der Waals surface area (Å²) in [6.45, 7) is 5.66. The number of nitrogens with two attached hydrogens (primary N) is 1. The van der Waals surface area contributed by atoms with Gasteiger partial charge >= 0.3 is 12.1 Å². The lowest BCUT2D eigenvalue weighted by Crippen LogP contribution is -2.45. The molecule has 0 unspecified atom stereocenters. The van der Waals surface area contributed by atoms with Gasteiger partial charge in [-0.3, -0.25) is 0 Å². The van der Waals surface area contributed by atoms with Gasteiger partial charge in [0.15, 0.2) is 5.75 Å². The number of benzene rings is 1. The van der Waals surface area contributed by atoms with E-state index in [1.807, 2.05) is 0 Å². The third-order valence-electron chi connectivity index (χ3n) is 3.11. The van der Waals surface area contributed by atoms with E-state index in [4.69, 9.17) is 50.0 Å². The highest BCUT2D eigenvalue weighted by Gasteiger charge is 2.26. The number of carbonyl (C=O) groups is 2. The second-order valence-corrected chi connectivity index (χ2v) is 7.82. The van der Waals surface area contributed by atoms with E-state index < -0.39 is 23.7 Å². The summed E-state index contributed by atoms with van der Waals surface area (Å²) >= 11 is 17.8. The van der Waals surface area contributed by atoms with Crippen molar-refractivity contribution in [3.05, 3.63) is 27.2 Å². The molecule has 1 aromatic rings. The second kappa shape index (κ2) is 10.2. The SMILES string of the molecule is CC(C)(C)OC(=O)N[C@@H](CCCCN)C(=O)Oc1cc(Cl)c(Cl)cc1Cl. The molecule has 26 heavy (non-hydrogen) atoms. The van der Waals surface area contributed by atoms with Crippen LogP contribution in [-0.2, 0) is 9.53 Å². The van der Waals surface area contributed by atoms with Crippen LogP contribution < -0.4 is 15.8 Å². The van der Waals surface area contributed by atoms with Crippen molar-refractivity contribution in [2.24, 2.45) is 5.73 Å². The van der Waals surface area contributed by atoms with Crippen molar-refractivity contribution >= 4 is 46.9 Å². The summed E-state index contributed by atoms with van der Waals surface area (Å²) in [6, 6.07) is 1.80. The predicted molar refractivity (Wildman–Crippen MR) is 103 cm³/mol. The normalized spacial score (nSPS) is 12.4. The first-order valence-corrected chi connectivity index (χ1v) is 9.22. The van der Waals surface area contributed by atoms with Crippen molar-refractivity contribution in [2.45, 2.75) is 51.7 Å². The Morgan fingerprint density at radius 1 is 1.12 bits per heavy atom. The van der Waals surface area contributed by atoms with Gasteiger partial charge in [0.2, 0.25) is 0 Å². The number of amides is 1. The molecule has 0 aliphatic heterocycles. The van der Waals surface area contributed by atoms with Gasteiger partial charge in [0.25, 0.3) is 0 Å². The highest BCUT2D eigenvalue weighted by Crippen LogP contribution is 2.34. The number of hydrogen-bond donors (Lipinski definition) is 2. The molecular formula is C17H23Cl3N2O4. The van der Waals surface area contributed by atoms with Gasteiger partial charge in [-0.05, 0) is 52.6 Å². The summed E-state index contributed by atoms with van der Waals surface area (Å²) in [5, 5.41) is 3.08. The molecule has 0 spiro atoms. The highest BCUT2D eigenvalue weighted by atomic mass is 35.5. The van der Waals surface area contributed by atoms with E-state index >= 15 is 0 Å². The van der Waals surface area contributed by atoms with Crippen molar-refractivity contribution < 1.29 is 19.1 Å². The zero-order valence-corrected chi connectivity index (χ0v) is 17.2. The van der Waals surface area contributed by atoms with Crippen LogP contribution in [0.4, 0.5) is 4.79 Å². The van der Waals surface area contributed by atoms with Crippen molar-refractivity contribution in [2.75, 3.05) is 6.54 Å². The number of rotatable bonds is 7. The molecule has 0 aromatic heterocycles. The topological polar surface area (TPSA) is 90.6 Å². The van der Waals surface area contributed by atoms with Gasteiger partial charge in [-0.25, -0.2) is 9.59 Å². The molecule has 1 rings (SSSR count). The summed E-state index contributed by atoms with van der Waals surface area (Å²) in [5.74, 6) is -0.631. The highest BCUT2D eigenvalue weighted by molar-refractivity contribution is 6.43. The molecule has 0 heterocycles. The van der Waals surface area contributed by atoms with Crippen LogP contribution in [0.25, 0.3) is 0 Å². The Kier molecular flexibility index (Phi) is 8.96. The Balaban J connectivity index is 2.86. The Morgan fingerprint density at radius 2 is 1.73 bits per heavy atom. The number of esters is 1. The van der Waals surface area contributed by atoms with Crippen LogP contribution in [0.15, 0.2) is 12.1 Å². The van der Waals surface area contributed by atoms with E-state index in [9.17, 15) is 9.59 Å². The summed E-state index contributed by atoms with van der Waals surface area (Å²) in [7, 11) is 0. The number of carbonyl (C=O) groups excluding carboxylic acids is 2. The molecule has 1 amide bonds. The first kappa shape index (κ1) is 22.8. The average molecular weight is 426 g/mol. The fourth-order valence-corrected chi connectivity index (χ4v) is 2.53. The molecule has 0 bridgehead atoms. The van der Waals surface area contributed by atoms with Gasteiger partial charge in [0.1, 0.15) is 11.6 Å². The van der Waals surface area contributed by atoms with E-state index in [0.717, 1.165) is 0 Å². The fourth-order valence-electron chi connectivity index (χ4n) is 1.95. The number of halogens is 3. The van der Waals surface area contributed by atoms with Gasteiger partial charge in [-0.1, -0.05) is 34.8 Å². The van der Waals surface area contributed by atoms with Crippen LogP contribution in [0.3, 0.4) is 0 Å². The van der Waals surface area contributed by atoms with Crippen LogP contribution in [0.5, 0.6) is 5.75 Å². The monoisotopic (exact) mass is 424 g/mol. The van der Waals surface area contributed by atoms with E-state index in [2.05, 4.69) is 5.32 Å². The molecule has 9 heteroatoms. The number of unbranched alkanes of at least 4 members (excludes halogenated alkanes) is 1. The zero-order valence-electron chi connectivity index (χ0n) is 14.9. The fraction of sp³-hybridized carbons (Fsp3) is 0.529. The molecule has 0 aliphatic rings. The van der Waals surface area contributed by atoms with Gasteiger partial charge in [-0.15, -0.1) is 0 Å². The summed E-state index contributed by atoms with van der Waals surface area (Å²) in [6.07, 6.45) is 0.954. The quantitative estimate of drug-likeness (QED) is 0.289. The van der Waals surface area contributed by atoms with Crippen molar-refractivity contribution in [3.8, 4) is 5.75 Å². The number of nitrogens with one attached hydrogen (secondary N) is 1. The van der Waals surface area contributed by atoms with Gasteiger partial charge in [0.05, 0.1) is 15.1 Å². The van der Waals surface area contributed by atoms with Crippen LogP contribution in [0.1, 0.15) is 40.0 Å². The summed E-state index contributed by atoms with van der Waals surface area (Å²) in [5.41, 5.74) is 4.79. The molecule has 3 N–H and O–H groups in total. The minimum absolute atomic E-state index is 0.0564. The lowest BCUT2D eigenvalue weighted by molar-refractivity contribution is -0.137. The average Bonchev–Trinajstić information content (AvgIpc) is 2.50. The number of hydrogen-bond acceptors (Lipinski definition) is 5. The molecule has 6 nitrogen and oxygen atoms in total. The standard InChI is InChI=1S/C17H23Cl3N2O4/c1-17(2,3)26-16(24)22-13(6-4-5-7-21)15(23)25-14-9-11(19)10(18)8-12(14)20/h8-9,13H,4-7,21H2,1-3H3,(H,22,24)/t13-/m0/s1. The molecule has 1 atom stereocenters. The van der Waals surface area contributed by atoms with E-state index in [1.54, 1.807) is 20.8 Å². The largest absolute Gasteiger partial charge is 0.444 e. The lowest BCUT2D eigenvalue weighted by atomic mass is 10.1. The summed E-state index contributed by atoms with van der Waals surface area (Å²) < 4.78 is 10.5. The van der Waals surface area contributed by atoms with Crippen molar-refractivity contribution in [1.29, 1.82) is 0 Å². The molecule has 1 aromatic carbocycles. The maximum Gasteiger partial charge on any atom is 0.408 e. The van der Waals surface area contributed by atoms with E-state index in [0.29, 0.717) is 25.8 Å². The van der Waals surface area contributed by atoms with Crippen molar-refractivity contribution in [1.82, 2.24) is 5.32 Å². The maximum absolute atomic E-state index is 12.5. The molecule has 146 valence electrons. The van der Waals surface area contributed by atoms with Crippen LogP contribution >= 0.6 is 34.8 Å². The third-order valence-corrected chi connectivity index (χ3v) is 4.13. The van der Waals surface area contributed by atoms with Crippen molar-refractivity contribution in [3.63, 3.8) is 0 Å². The first-order valence-electron chi connectivity index (χ1n) is 8.09. The Morgan fingerprint density at radius 3 is 2.31 bits per heavy atom. The minimum atomic E-state index is -0.915. The minimum Gasteiger partial charge on any atom is -0.444 e. The smallest absolute Gasteiger partial charge is 0.408 e. The Labute approximate surface area is 168 Å². The predicted octanol–water partition coefficient (Wildman–Crippen LogP) is 4.57. The Hall–Kier alpha value is -1.21. The zero-order chi connectivity index (χ0) is 19.9. The molecule has 0 aliphatic carbocycles. The summed E-state index contributed by atoms with van der Waals surface area (Å²) in [4.78, 5) is 24.5. The first-order chi connectivity index (χ1) is 12.0. The third kappa shape index (κ3) is 7.99. The number of alkyl carbamates (subject to hydrolysis) is 1. The molecular weight excluding hydrogens is 403 g/mol. The van der Waals surface area contributed by atoms with Crippen LogP contribution in [0, 0.1) is 0 Å². The van der Waals surface area contributed by atoms with Gasteiger partial charge in [-0.2, -0.15) is 0 Å². The van der Waals surface area contributed by atoms with E-state index in [-0.39, 0.29) is 20.8 Å². The van der Waals surface area contributed by atoms with E-state index in [1.165, 1.54) is 12.1 Å². The maximum atomic E-state index is 12.5. The van der Waals surface area contributed by atoms with Gasteiger partial charge in [0, 0.05) is 6.07 Å². The molecule has 0 fully saturated rings. The lowest BCUT2D eigenvalue weighted by Gasteiger charge is -2.23. The van der Waals surface area contributed by atoms with Gasteiger partial charge < -0.3 is 20.5 Å². The molecule has 0 saturated heterocycles. The molecule has 0 saturated carbocycles. The number of ether oxygens (including phenoxy) is 2. The van der Waals surface area contributed by atoms with Crippen LogP contribution in [-0.4, -0.2) is 30.3 Å².